The lowest BCUT2D eigenvalue weighted by Crippen LogP contribution is -2.29. The molecule has 1 heterocycles. The van der Waals surface area contributed by atoms with Crippen LogP contribution in [0.15, 0.2) is 70.5 Å². The summed E-state index contributed by atoms with van der Waals surface area (Å²) >= 11 is 0. The molecule has 3 aromatic rings. The van der Waals surface area contributed by atoms with Gasteiger partial charge in [-0.15, -0.1) is 0 Å². The SMILES string of the molecule is Cc1ccc(S(=O)(=O)Nc2cc3c(cc2C(=O)NCCOS(=O)(=O)c2ccc(C)cc2)OCO3)cc1. The minimum absolute atomic E-state index is 0.00277. The van der Waals surface area contributed by atoms with E-state index in [1.54, 1.807) is 24.3 Å². The molecular weight excluding hydrogens is 508 g/mol. The van der Waals surface area contributed by atoms with Gasteiger partial charge in [0.05, 0.1) is 27.6 Å². The number of carbonyl (C=O) groups is 1. The van der Waals surface area contributed by atoms with Gasteiger partial charge >= 0.3 is 0 Å². The molecule has 2 N–H and O–H groups in total. The van der Waals surface area contributed by atoms with Crippen molar-refractivity contribution >= 4 is 31.7 Å². The molecule has 0 spiro atoms. The lowest BCUT2D eigenvalue weighted by Gasteiger charge is -2.14. The summed E-state index contributed by atoms with van der Waals surface area (Å²) < 4.78 is 68.5. The molecule has 0 radical (unpaired) electrons. The van der Waals surface area contributed by atoms with Crippen molar-refractivity contribution in [2.24, 2.45) is 0 Å². The number of aryl methyl sites for hydroxylation is 2. The monoisotopic (exact) mass is 532 g/mol. The van der Waals surface area contributed by atoms with E-state index in [1.807, 2.05) is 13.8 Å². The van der Waals surface area contributed by atoms with E-state index < -0.39 is 26.0 Å². The molecule has 12 heteroatoms. The summed E-state index contributed by atoms with van der Waals surface area (Å²) in [7, 11) is -8.01. The van der Waals surface area contributed by atoms with Crippen LogP contribution in [0, 0.1) is 13.8 Å². The van der Waals surface area contributed by atoms with E-state index in [0.29, 0.717) is 0 Å². The van der Waals surface area contributed by atoms with Gasteiger partial charge in [0, 0.05) is 12.6 Å². The largest absolute Gasteiger partial charge is 0.454 e. The number of nitrogens with one attached hydrogen (secondary N) is 2. The third-order valence-electron chi connectivity index (χ3n) is 5.27. The zero-order valence-corrected chi connectivity index (χ0v) is 21.1. The number of sulfonamides is 1. The predicted molar refractivity (Wildman–Crippen MR) is 131 cm³/mol. The first-order valence-corrected chi connectivity index (χ1v) is 13.7. The zero-order valence-electron chi connectivity index (χ0n) is 19.5. The van der Waals surface area contributed by atoms with E-state index in [1.165, 1.54) is 36.4 Å². The number of amides is 1. The van der Waals surface area contributed by atoms with Crippen LogP contribution in [0.1, 0.15) is 21.5 Å². The second-order valence-corrected chi connectivity index (χ2v) is 11.3. The highest BCUT2D eigenvalue weighted by Gasteiger charge is 2.24. The number of benzene rings is 3. The Bertz CT molecular complexity index is 1480. The summed E-state index contributed by atoms with van der Waals surface area (Å²) in [4.78, 5) is 12.9. The highest BCUT2D eigenvalue weighted by Crippen LogP contribution is 2.37. The van der Waals surface area contributed by atoms with E-state index in [9.17, 15) is 21.6 Å². The average Bonchev–Trinajstić information content (AvgIpc) is 3.29. The van der Waals surface area contributed by atoms with Crippen LogP contribution in [0.25, 0.3) is 0 Å². The molecule has 0 bridgehead atoms. The van der Waals surface area contributed by atoms with Crippen molar-refractivity contribution in [3.63, 3.8) is 0 Å². The summed E-state index contributed by atoms with van der Waals surface area (Å²) in [6, 6.07) is 15.1. The van der Waals surface area contributed by atoms with E-state index in [2.05, 4.69) is 10.0 Å². The lowest BCUT2D eigenvalue weighted by molar-refractivity contribution is 0.0947. The maximum Gasteiger partial charge on any atom is 0.297 e. The number of fused-ring (bicyclic) bond motifs is 1. The van der Waals surface area contributed by atoms with Crippen molar-refractivity contribution in [1.29, 1.82) is 0 Å². The minimum Gasteiger partial charge on any atom is -0.454 e. The first-order valence-electron chi connectivity index (χ1n) is 10.8. The quantitative estimate of drug-likeness (QED) is 0.317. The van der Waals surface area contributed by atoms with Gasteiger partial charge in [-0.2, -0.15) is 8.42 Å². The molecule has 0 aliphatic carbocycles. The molecule has 0 fully saturated rings. The fourth-order valence-corrected chi connectivity index (χ4v) is 5.30. The molecule has 36 heavy (non-hydrogen) atoms. The van der Waals surface area contributed by atoms with Gasteiger partial charge in [0.2, 0.25) is 6.79 Å². The number of ether oxygens (including phenoxy) is 2. The van der Waals surface area contributed by atoms with Gasteiger partial charge in [-0.1, -0.05) is 35.4 Å². The van der Waals surface area contributed by atoms with Gasteiger partial charge in [0.15, 0.2) is 11.5 Å². The molecule has 0 atom stereocenters. The van der Waals surface area contributed by atoms with Crippen LogP contribution in [-0.4, -0.2) is 42.7 Å². The molecule has 1 aliphatic rings. The molecule has 190 valence electrons. The zero-order chi connectivity index (χ0) is 25.9. The lowest BCUT2D eigenvalue weighted by atomic mass is 10.1. The molecule has 0 aromatic heterocycles. The Labute approximate surface area is 209 Å². The molecule has 10 nitrogen and oxygen atoms in total. The summed E-state index contributed by atoms with van der Waals surface area (Å²) in [6.07, 6.45) is 0. The Morgan fingerprint density at radius 1 is 0.861 bits per heavy atom. The first kappa shape index (κ1) is 25.5. The number of anilines is 1. The highest BCUT2D eigenvalue weighted by atomic mass is 32.2. The van der Waals surface area contributed by atoms with Crippen LogP contribution in [0.4, 0.5) is 5.69 Å². The standard InChI is InChI=1S/C24H24N2O8S2/c1-16-3-7-18(8-4-16)35(28,29)26-21-14-23-22(32-15-33-23)13-20(21)24(27)25-11-12-34-36(30,31)19-9-5-17(2)6-10-19/h3-10,13-14,26H,11-12,15H2,1-2H3,(H,25,27). The third-order valence-corrected chi connectivity index (χ3v) is 7.98. The van der Waals surface area contributed by atoms with Crippen LogP contribution in [0.3, 0.4) is 0 Å². The van der Waals surface area contributed by atoms with Crippen molar-refractivity contribution in [2.75, 3.05) is 24.7 Å². The fourth-order valence-electron chi connectivity index (χ4n) is 3.32. The number of hydrogen-bond donors (Lipinski definition) is 2. The molecule has 0 saturated heterocycles. The maximum absolute atomic E-state index is 12.9. The van der Waals surface area contributed by atoms with Gasteiger partial charge in [0.25, 0.3) is 26.0 Å². The Morgan fingerprint density at radius 2 is 1.42 bits per heavy atom. The maximum atomic E-state index is 12.9. The summed E-state index contributed by atoms with van der Waals surface area (Å²) in [6.45, 7) is 3.12. The predicted octanol–water partition coefficient (Wildman–Crippen LogP) is 2.97. The van der Waals surface area contributed by atoms with Gasteiger partial charge in [-0.05, 0) is 44.2 Å². The van der Waals surface area contributed by atoms with E-state index >= 15 is 0 Å². The van der Waals surface area contributed by atoms with E-state index in [4.69, 9.17) is 13.7 Å². The average molecular weight is 533 g/mol. The fraction of sp³-hybridized carbons (Fsp3) is 0.208. The molecule has 4 rings (SSSR count). The topological polar surface area (TPSA) is 137 Å². The molecule has 3 aromatic carbocycles. The molecular formula is C24H24N2O8S2. The first-order chi connectivity index (χ1) is 17.0. The van der Waals surface area contributed by atoms with Gasteiger partial charge in [0.1, 0.15) is 0 Å². The third kappa shape index (κ3) is 5.78. The minimum atomic E-state index is -4.01. The molecule has 1 amide bonds. The van der Waals surface area contributed by atoms with E-state index in [0.717, 1.165) is 11.1 Å². The molecule has 0 saturated carbocycles. The van der Waals surface area contributed by atoms with Crippen molar-refractivity contribution in [3.8, 4) is 11.5 Å². The number of carbonyl (C=O) groups excluding carboxylic acids is 1. The second-order valence-electron chi connectivity index (χ2n) is 8.01. The normalized spacial score (nSPS) is 12.8. The van der Waals surface area contributed by atoms with Crippen LogP contribution in [-0.2, 0) is 24.3 Å². The Balaban J connectivity index is 1.47. The Morgan fingerprint density at radius 3 is 2.03 bits per heavy atom. The van der Waals surface area contributed by atoms with Crippen molar-refractivity contribution in [3.05, 3.63) is 77.4 Å². The van der Waals surface area contributed by atoms with Gasteiger partial charge in [-0.25, -0.2) is 8.42 Å². The Kier molecular flexibility index (Phi) is 7.20. The van der Waals surface area contributed by atoms with Crippen LogP contribution in [0.5, 0.6) is 11.5 Å². The van der Waals surface area contributed by atoms with Gasteiger partial charge < -0.3 is 14.8 Å². The number of hydrogen-bond acceptors (Lipinski definition) is 8. The van der Waals surface area contributed by atoms with Crippen molar-refractivity contribution in [2.45, 2.75) is 23.6 Å². The smallest absolute Gasteiger partial charge is 0.297 e. The van der Waals surface area contributed by atoms with Crippen LogP contribution in [0.2, 0.25) is 0 Å². The summed E-state index contributed by atoms with van der Waals surface area (Å²) in [5.41, 5.74) is 1.74. The second kappa shape index (κ2) is 10.2. The van der Waals surface area contributed by atoms with E-state index in [-0.39, 0.29) is 52.5 Å². The highest BCUT2D eigenvalue weighted by molar-refractivity contribution is 7.92. The summed E-state index contributed by atoms with van der Waals surface area (Å²) in [5.74, 6) is -0.108. The molecule has 1 aliphatic heterocycles. The van der Waals surface area contributed by atoms with Crippen LogP contribution >= 0.6 is 0 Å². The van der Waals surface area contributed by atoms with Crippen molar-refractivity contribution < 1.29 is 35.3 Å². The number of rotatable bonds is 9. The van der Waals surface area contributed by atoms with Crippen LogP contribution < -0.4 is 19.5 Å². The van der Waals surface area contributed by atoms with Crippen molar-refractivity contribution in [1.82, 2.24) is 5.32 Å². The molecule has 0 unspecified atom stereocenters. The summed E-state index contributed by atoms with van der Waals surface area (Å²) in [5, 5.41) is 2.54. The van der Waals surface area contributed by atoms with Gasteiger partial charge in [-0.3, -0.25) is 13.7 Å². The Hall–Kier alpha value is -3.61.